The quantitative estimate of drug-likeness (QED) is 0.869. The molecular formula is C20H24ClN3O3. The summed E-state index contributed by atoms with van der Waals surface area (Å²) in [6.07, 6.45) is 1.52. The fraction of sp³-hybridized carbons (Fsp3) is 0.450. The minimum absolute atomic E-state index is 0.0518. The van der Waals surface area contributed by atoms with Crippen LogP contribution in [0.25, 0.3) is 5.69 Å². The maximum atomic E-state index is 12.9. The lowest BCUT2D eigenvalue weighted by atomic mass is 9.82. The van der Waals surface area contributed by atoms with Gasteiger partial charge in [-0.25, -0.2) is 4.68 Å². The number of hydrogen-bond acceptors (Lipinski definition) is 3. The summed E-state index contributed by atoms with van der Waals surface area (Å²) < 4.78 is 1.81. The molecule has 1 unspecified atom stereocenters. The summed E-state index contributed by atoms with van der Waals surface area (Å²) in [6, 6.07) is 7.38. The molecule has 0 saturated carbocycles. The Kier molecular flexibility index (Phi) is 5.29. The van der Waals surface area contributed by atoms with Crippen molar-refractivity contribution in [1.82, 2.24) is 14.7 Å². The predicted molar refractivity (Wildman–Crippen MR) is 103 cm³/mol. The molecule has 1 N–H and O–H groups in total. The van der Waals surface area contributed by atoms with E-state index < -0.39 is 11.4 Å². The van der Waals surface area contributed by atoms with Crippen molar-refractivity contribution in [2.24, 2.45) is 5.41 Å². The summed E-state index contributed by atoms with van der Waals surface area (Å²) in [5.74, 6) is -0.896. The van der Waals surface area contributed by atoms with Gasteiger partial charge in [-0.05, 0) is 57.9 Å². The van der Waals surface area contributed by atoms with Crippen molar-refractivity contribution in [3.8, 4) is 5.69 Å². The first-order valence-electron chi connectivity index (χ1n) is 9.03. The number of carbonyl (C=O) groups excluding carboxylic acids is 1. The van der Waals surface area contributed by atoms with Crippen LogP contribution in [0, 0.1) is 19.3 Å². The molecule has 1 atom stereocenters. The minimum Gasteiger partial charge on any atom is -0.481 e. The van der Waals surface area contributed by atoms with E-state index in [1.54, 1.807) is 24.0 Å². The van der Waals surface area contributed by atoms with Gasteiger partial charge in [-0.15, -0.1) is 0 Å². The monoisotopic (exact) mass is 389 g/mol. The Morgan fingerprint density at radius 2 is 1.93 bits per heavy atom. The van der Waals surface area contributed by atoms with Gasteiger partial charge in [-0.2, -0.15) is 5.10 Å². The van der Waals surface area contributed by atoms with Crippen molar-refractivity contribution < 1.29 is 14.7 Å². The van der Waals surface area contributed by atoms with Crippen LogP contribution in [-0.2, 0) is 16.0 Å². The van der Waals surface area contributed by atoms with Gasteiger partial charge in [0.15, 0.2) is 0 Å². The van der Waals surface area contributed by atoms with Crippen molar-refractivity contribution in [3.63, 3.8) is 0 Å². The number of carbonyl (C=O) groups is 2. The van der Waals surface area contributed by atoms with Gasteiger partial charge in [-0.1, -0.05) is 11.6 Å². The lowest BCUT2D eigenvalue weighted by Gasteiger charge is -2.37. The molecule has 1 amide bonds. The van der Waals surface area contributed by atoms with Crippen LogP contribution >= 0.6 is 11.6 Å². The van der Waals surface area contributed by atoms with Gasteiger partial charge < -0.3 is 10.0 Å². The second-order valence-electron chi connectivity index (χ2n) is 7.50. The first-order chi connectivity index (χ1) is 12.7. The number of rotatable bonds is 4. The number of aliphatic carboxylic acids is 1. The van der Waals surface area contributed by atoms with Crippen LogP contribution in [0.3, 0.4) is 0 Å². The van der Waals surface area contributed by atoms with Crippen LogP contribution in [0.1, 0.15) is 36.7 Å². The summed E-state index contributed by atoms with van der Waals surface area (Å²) >= 11 is 5.95. The highest BCUT2D eigenvalue weighted by molar-refractivity contribution is 6.30. The molecule has 2 aromatic rings. The molecule has 1 aromatic carbocycles. The van der Waals surface area contributed by atoms with Crippen molar-refractivity contribution in [1.29, 1.82) is 0 Å². The number of amides is 1. The molecule has 0 radical (unpaired) electrons. The fourth-order valence-electron chi connectivity index (χ4n) is 3.65. The van der Waals surface area contributed by atoms with Gasteiger partial charge in [0.1, 0.15) is 0 Å². The predicted octanol–water partition coefficient (Wildman–Crippen LogP) is 3.40. The molecule has 2 heterocycles. The van der Waals surface area contributed by atoms with E-state index in [1.165, 1.54) is 0 Å². The summed E-state index contributed by atoms with van der Waals surface area (Å²) in [5.41, 5.74) is 2.61. The lowest BCUT2D eigenvalue weighted by Crippen LogP contribution is -2.48. The minimum atomic E-state index is -0.870. The first kappa shape index (κ1) is 19.4. The zero-order valence-electron chi connectivity index (χ0n) is 15.8. The second-order valence-corrected chi connectivity index (χ2v) is 7.94. The molecule has 1 aromatic heterocycles. The second kappa shape index (κ2) is 7.35. The molecule has 27 heavy (non-hydrogen) atoms. The van der Waals surface area contributed by atoms with Crippen molar-refractivity contribution in [3.05, 3.63) is 46.2 Å². The summed E-state index contributed by atoms with van der Waals surface area (Å²) in [6.45, 7) is 6.40. The summed E-state index contributed by atoms with van der Waals surface area (Å²) in [4.78, 5) is 26.1. The van der Waals surface area contributed by atoms with Gasteiger partial charge in [0.2, 0.25) is 5.91 Å². The molecule has 0 spiro atoms. The number of nitrogens with zero attached hydrogens (tertiary/aromatic N) is 3. The SMILES string of the molecule is Cc1nn(-c2ccc(Cl)cc2)c(C)c1CC(=O)N1CCCC(C)(C(=O)O)C1. The fourth-order valence-corrected chi connectivity index (χ4v) is 3.78. The topological polar surface area (TPSA) is 75.4 Å². The number of benzene rings is 1. The van der Waals surface area contributed by atoms with Crippen LogP contribution < -0.4 is 0 Å². The third-order valence-electron chi connectivity index (χ3n) is 5.41. The Morgan fingerprint density at radius 1 is 1.26 bits per heavy atom. The van der Waals surface area contributed by atoms with E-state index in [-0.39, 0.29) is 18.9 Å². The Hall–Kier alpha value is -2.34. The van der Waals surface area contributed by atoms with E-state index in [1.807, 2.05) is 30.7 Å². The van der Waals surface area contributed by atoms with Crippen LogP contribution in [0.4, 0.5) is 0 Å². The van der Waals surface area contributed by atoms with E-state index in [0.29, 0.717) is 24.4 Å². The van der Waals surface area contributed by atoms with E-state index in [2.05, 4.69) is 5.10 Å². The average molecular weight is 390 g/mol. The maximum Gasteiger partial charge on any atom is 0.311 e. The Labute approximate surface area is 163 Å². The van der Waals surface area contributed by atoms with Crippen molar-refractivity contribution in [2.75, 3.05) is 13.1 Å². The zero-order valence-corrected chi connectivity index (χ0v) is 16.6. The van der Waals surface area contributed by atoms with E-state index >= 15 is 0 Å². The third kappa shape index (κ3) is 3.86. The van der Waals surface area contributed by atoms with E-state index in [9.17, 15) is 14.7 Å². The highest BCUT2D eigenvalue weighted by atomic mass is 35.5. The van der Waals surface area contributed by atoms with Gasteiger partial charge in [0, 0.05) is 29.4 Å². The number of carboxylic acids is 1. The largest absolute Gasteiger partial charge is 0.481 e. The molecule has 1 saturated heterocycles. The standard InChI is InChI=1S/C20H24ClN3O3/c1-13-17(14(2)24(22-13)16-7-5-15(21)6-8-16)11-18(25)23-10-4-9-20(3,12-23)19(26)27/h5-8H,4,9-12H2,1-3H3,(H,26,27). The average Bonchev–Trinajstić information content (AvgIpc) is 2.90. The van der Waals surface area contributed by atoms with Crippen molar-refractivity contribution >= 4 is 23.5 Å². The Balaban J connectivity index is 1.80. The van der Waals surface area contributed by atoms with Crippen LogP contribution in [0.2, 0.25) is 5.02 Å². The molecule has 6 nitrogen and oxygen atoms in total. The van der Waals surface area contributed by atoms with Gasteiger partial charge in [-0.3, -0.25) is 9.59 Å². The van der Waals surface area contributed by atoms with E-state index in [0.717, 1.165) is 22.6 Å². The summed E-state index contributed by atoms with van der Waals surface area (Å²) in [5, 5.41) is 14.7. The molecule has 1 aliphatic rings. The smallest absolute Gasteiger partial charge is 0.311 e. The highest BCUT2D eigenvalue weighted by Gasteiger charge is 2.39. The normalized spacial score (nSPS) is 19.9. The number of likely N-dealkylation sites (tertiary alicyclic amines) is 1. The summed E-state index contributed by atoms with van der Waals surface area (Å²) in [7, 11) is 0. The number of halogens is 1. The third-order valence-corrected chi connectivity index (χ3v) is 5.66. The Morgan fingerprint density at radius 3 is 2.56 bits per heavy atom. The number of piperidine rings is 1. The van der Waals surface area contributed by atoms with Gasteiger partial charge >= 0.3 is 5.97 Å². The lowest BCUT2D eigenvalue weighted by molar-refractivity contribution is -0.153. The molecule has 3 rings (SSSR count). The van der Waals surface area contributed by atoms with Crippen molar-refractivity contribution in [2.45, 2.75) is 40.0 Å². The first-order valence-corrected chi connectivity index (χ1v) is 9.41. The molecule has 0 aliphatic carbocycles. The molecule has 1 aliphatic heterocycles. The number of aromatic nitrogens is 2. The molecule has 0 bridgehead atoms. The van der Waals surface area contributed by atoms with Crippen LogP contribution in [0.15, 0.2) is 24.3 Å². The molecule has 144 valence electrons. The Bertz CT molecular complexity index is 875. The van der Waals surface area contributed by atoms with Crippen LogP contribution in [0.5, 0.6) is 0 Å². The molecule has 1 fully saturated rings. The maximum absolute atomic E-state index is 12.9. The van der Waals surface area contributed by atoms with Gasteiger partial charge in [0.25, 0.3) is 0 Å². The number of hydrogen-bond donors (Lipinski definition) is 1. The molecule has 7 heteroatoms. The number of aryl methyl sites for hydroxylation is 1. The number of carboxylic acid groups (broad SMARTS) is 1. The van der Waals surface area contributed by atoms with Crippen LogP contribution in [-0.4, -0.2) is 44.8 Å². The van der Waals surface area contributed by atoms with Gasteiger partial charge in [0.05, 0.1) is 23.2 Å². The van der Waals surface area contributed by atoms with E-state index in [4.69, 9.17) is 11.6 Å². The zero-order chi connectivity index (χ0) is 19.8. The highest BCUT2D eigenvalue weighted by Crippen LogP contribution is 2.30. The molecular weight excluding hydrogens is 366 g/mol.